The molecule has 0 spiro atoms. The summed E-state index contributed by atoms with van der Waals surface area (Å²) in [6, 6.07) is 8.55. The van der Waals surface area contributed by atoms with Gasteiger partial charge in [-0.15, -0.1) is 10.2 Å². The van der Waals surface area contributed by atoms with Gasteiger partial charge in [-0.1, -0.05) is 0 Å². The van der Waals surface area contributed by atoms with Crippen molar-refractivity contribution in [2.75, 3.05) is 38.1 Å². The van der Waals surface area contributed by atoms with E-state index < -0.39 is 0 Å². The summed E-state index contributed by atoms with van der Waals surface area (Å²) in [5, 5.41) is 7.63. The van der Waals surface area contributed by atoms with E-state index >= 15 is 0 Å². The van der Waals surface area contributed by atoms with Gasteiger partial charge in [0.1, 0.15) is 12.7 Å². The predicted octanol–water partition coefficient (Wildman–Crippen LogP) is 1.02. The monoisotopic (exact) mass is 243 g/mol. The molecule has 1 saturated heterocycles. The average Bonchev–Trinajstić information content (AvgIpc) is 2.94. The van der Waals surface area contributed by atoms with Crippen molar-refractivity contribution in [2.45, 2.75) is 0 Å². The van der Waals surface area contributed by atoms with Gasteiger partial charge in [0.05, 0.1) is 0 Å². The molecular weight excluding hydrogens is 226 g/mol. The maximum Gasteiger partial charge on any atom is 0.123 e. The first-order chi connectivity index (χ1) is 8.83. The third kappa shape index (κ3) is 2.22. The maximum absolute atomic E-state index is 3.82. The lowest BCUT2D eigenvalue weighted by molar-refractivity contribution is 0.313. The minimum atomic E-state index is 1.10. The van der Waals surface area contributed by atoms with E-state index in [2.05, 4.69) is 51.3 Å². The van der Waals surface area contributed by atoms with Gasteiger partial charge in [0.25, 0.3) is 0 Å². The summed E-state index contributed by atoms with van der Waals surface area (Å²) >= 11 is 0. The number of hydrogen-bond donors (Lipinski definition) is 0. The zero-order chi connectivity index (χ0) is 12.4. The number of benzene rings is 1. The SMILES string of the molecule is CN1CCN(c2ccc(-n3cnnc3)cc2)CC1. The summed E-state index contributed by atoms with van der Waals surface area (Å²) in [6.07, 6.45) is 3.43. The zero-order valence-corrected chi connectivity index (χ0v) is 10.5. The van der Waals surface area contributed by atoms with Crippen LogP contribution in [0.15, 0.2) is 36.9 Å². The van der Waals surface area contributed by atoms with Crippen LogP contribution in [0.4, 0.5) is 5.69 Å². The molecule has 0 bridgehead atoms. The zero-order valence-electron chi connectivity index (χ0n) is 10.5. The number of rotatable bonds is 2. The van der Waals surface area contributed by atoms with E-state index in [0.717, 1.165) is 31.9 Å². The van der Waals surface area contributed by atoms with E-state index in [0.29, 0.717) is 0 Å². The normalized spacial score (nSPS) is 17.1. The lowest BCUT2D eigenvalue weighted by Gasteiger charge is -2.34. The van der Waals surface area contributed by atoms with Gasteiger partial charge in [-0.05, 0) is 31.3 Å². The quantitative estimate of drug-likeness (QED) is 0.789. The molecule has 5 heteroatoms. The van der Waals surface area contributed by atoms with Gasteiger partial charge >= 0.3 is 0 Å². The van der Waals surface area contributed by atoms with Gasteiger partial charge in [0.15, 0.2) is 0 Å². The van der Waals surface area contributed by atoms with Gasteiger partial charge in [-0.25, -0.2) is 0 Å². The minimum Gasteiger partial charge on any atom is -0.369 e. The molecule has 5 nitrogen and oxygen atoms in total. The van der Waals surface area contributed by atoms with Gasteiger partial charge in [0.2, 0.25) is 0 Å². The lowest BCUT2D eigenvalue weighted by atomic mass is 10.2. The molecule has 3 rings (SSSR count). The summed E-state index contributed by atoms with van der Waals surface area (Å²) in [7, 11) is 2.17. The van der Waals surface area contributed by atoms with Crippen LogP contribution < -0.4 is 4.90 Å². The molecule has 0 N–H and O–H groups in total. The van der Waals surface area contributed by atoms with Crippen LogP contribution in [0.1, 0.15) is 0 Å². The second-order valence-corrected chi connectivity index (χ2v) is 4.68. The Labute approximate surface area is 107 Å². The van der Waals surface area contributed by atoms with Crippen molar-refractivity contribution in [3.63, 3.8) is 0 Å². The highest BCUT2D eigenvalue weighted by Gasteiger charge is 2.13. The number of aromatic nitrogens is 3. The molecule has 2 aromatic rings. The molecule has 1 aliphatic heterocycles. The molecule has 0 radical (unpaired) electrons. The van der Waals surface area contributed by atoms with E-state index in [1.165, 1.54) is 5.69 Å². The Morgan fingerprint density at radius 1 is 0.833 bits per heavy atom. The molecule has 1 fully saturated rings. The fraction of sp³-hybridized carbons (Fsp3) is 0.385. The molecule has 1 aromatic heterocycles. The van der Waals surface area contributed by atoms with E-state index in [-0.39, 0.29) is 0 Å². The first kappa shape index (κ1) is 11.2. The number of likely N-dealkylation sites (N-methyl/N-ethyl adjacent to an activating group) is 1. The lowest BCUT2D eigenvalue weighted by Crippen LogP contribution is -2.44. The minimum absolute atomic E-state index is 1.10. The van der Waals surface area contributed by atoms with Crippen LogP contribution in [0.3, 0.4) is 0 Å². The third-order valence-corrected chi connectivity index (χ3v) is 3.44. The fourth-order valence-electron chi connectivity index (χ4n) is 2.23. The van der Waals surface area contributed by atoms with Gasteiger partial charge in [0, 0.05) is 37.6 Å². The first-order valence-electron chi connectivity index (χ1n) is 6.21. The topological polar surface area (TPSA) is 37.2 Å². The number of nitrogens with zero attached hydrogens (tertiary/aromatic N) is 5. The summed E-state index contributed by atoms with van der Waals surface area (Å²) in [5.74, 6) is 0. The van der Waals surface area contributed by atoms with Crippen LogP contribution in [0.5, 0.6) is 0 Å². The molecule has 1 aliphatic rings. The Hall–Kier alpha value is -1.88. The van der Waals surface area contributed by atoms with Crippen molar-refractivity contribution in [3.8, 4) is 5.69 Å². The molecule has 0 amide bonds. The average molecular weight is 243 g/mol. The van der Waals surface area contributed by atoms with Crippen molar-refractivity contribution in [3.05, 3.63) is 36.9 Å². The van der Waals surface area contributed by atoms with Crippen LogP contribution in [0, 0.1) is 0 Å². The number of piperazine rings is 1. The van der Waals surface area contributed by atoms with E-state index in [4.69, 9.17) is 0 Å². The fourth-order valence-corrected chi connectivity index (χ4v) is 2.23. The largest absolute Gasteiger partial charge is 0.369 e. The highest BCUT2D eigenvalue weighted by atomic mass is 15.3. The van der Waals surface area contributed by atoms with Crippen LogP contribution in [0.2, 0.25) is 0 Å². The Balaban J connectivity index is 1.75. The molecule has 0 aliphatic carbocycles. The van der Waals surface area contributed by atoms with Crippen LogP contribution in [-0.2, 0) is 0 Å². The standard InChI is InChI=1S/C13H17N5/c1-16-6-8-17(9-7-16)12-2-4-13(5-3-12)18-10-14-15-11-18/h2-5,10-11H,6-9H2,1H3. The van der Waals surface area contributed by atoms with Crippen molar-refractivity contribution < 1.29 is 0 Å². The van der Waals surface area contributed by atoms with Crippen molar-refractivity contribution >= 4 is 5.69 Å². The number of anilines is 1. The van der Waals surface area contributed by atoms with E-state index in [9.17, 15) is 0 Å². The molecule has 0 saturated carbocycles. The van der Waals surface area contributed by atoms with Crippen LogP contribution in [-0.4, -0.2) is 52.9 Å². The first-order valence-corrected chi connectivity index (χ1v) is 6.21. The molecule has 0 atom stereocenters. The highest BCUT2D eigenvalue weighted by Crippen LogP contribution is 2.18. The molecule has 18 heavy (non-hydrogen) atoms. The predicted molar refractivity (Wildman–Crippen MR) is 71.1 cm³/mol. The van der Waals surface area contributed by atoms with E-state index in [1.807, 2.05) is 4.57 Å². The van der Waals surface area contributed by atoms with Crippen molar-refractivity contribution in [1.82, 2.24) is 19.7 Å². The Morgan fingerprint density at radius 2 is 1.39 bits per heavy atom. The molecule has 0 unspecified atom stereocenters. The summed E-state index contributed by atoms with van der Waals surface area (Å²) < 4.78 is 1.91. The summed E-state index contributed by atoms with van der Waals surface area (Å²) in [4.78, 5) is 4.79. The summed E-state index contributed by atoms with van der Waals surface area (Å²) in [6.45, 7) is 4.46. The second kappa shape index (κ2) is 4.78. The van der Waals surface area contributed by atoms with Gasteiger partial charge in [-0.2, -0.15) is 0 Å². The molecular formula is C13H17N5. The van der Waals surface area contributed by atoms with Crippen LogP contribution >= 0.6 is 0 Å². The van der Waals surface area contributed by atoms with Gasteiger partial charge in [-0.3, -0.25) is 4.57 Å². The maximum atomic E-state index is 3.82. The number of hydrogen-bond acceptors (Lipinski definition) is 4. The second-order valence-electron chi connectivity index (χ2n) is 4.68. The van der Waals surface area contributed by atoms with Crippen molar-refractivity contribution in [1.29, 1.82) is 0 Å². The molecule has 94 valence electrons. The Morgan fingerprint density at radius 3 is 2.00 bits per heavy atom. The Kier molecular flexibility index (Phi) is 2.98. The van der Waals surface area contributed by atoms with E-state index in [1.54, 1.807) is 12.7 Å². The third-order valence-electron chi connectivity index (χ3n) is 3.44. The highest BCUT2D eigenvalue weighted by molar-refractivity contribution is 5.51. The molecule has 1 aromatic carbocycles. The van der Waals surface area contributed by atoms with Crippen LogP contribution in [0.25, 0.3) is 5.69 Å². The van der Waals surface area contributed by atoms with Gasteiger partial charge < -0.3 is 9.80 Å². The molecule has 2 heterocycles. The smallest absolute Gasteiger partial charge is 0.123 e. The Bertz CT molecular complexity index is 483. The van der Waals surface area contributed by atoms with Crippen molar-refractivity contribution in [2.24, 2.45) is 0 Å². The summed E-state index contributed by atoms with van der Waals surface area (Å²) in [5.41, 5.74) is 2.39.